The monoisotopic (exact) mass is 536 g/mol. The minimum absolute atomic E-state index is 0.0646. The fourth-order valence-electron chi connectivity index (χ4n) is 4.75. The highest BCUT2D eigenvalue weighted by Gasteiger charge is 2.42. The van der Waals surface area contributed by atoms with Gasteiger partial charge in [0.15, 0.2) is 11.5 Å². The van der Waals surface area contributed by atoms with Crippen LogP contribution in [0.3, 0.4) is 0 Å². The number of hydrogen-bond donors (Lipinski definition) is 1. The molecule has 3 heterocycles. The summed E-state index contributed by atoms with van der Waals surface area (Å²) in [5.74, 6) is -0.684. The molecule has 1 atom stereocenters. The molecule has 2 N–H and O–H groups in total. The maximum Gasteiger partial charge on any atom is 0.433 e. The zero-order chi connectivity index (χ0) is 28.1. The number of nitrogens with zero attached hydrogens (tertiary/aromatic N) is 3. The number of carbonyl (C=O) groups is 2. The van der Waals surface area contributed by atoms with Crippen LogP contribution in [0.2, 0.25) is 0 Å². The Labute approximate surface area is 220 Å². The van der Waals surface area contributed by atoms with Crippen LogP contribution in [0.5, 0.6) is 5.75 Å². The number of amides is 1. The molecular weight excluding hydrogens is 513 g/mol. The van der Waals surface area contributed by atoms with Gasteiger partial charge < -0.3 is 24.6 Å². The number of hydrogen-bond acceptors (Lipinski definition) is 7. The van der Waals surface area contributed by atoms with Crippen LogP contribution in [0.15, 0.2) is 59.5 Å². The van der Waals surface area contributed by atoms with E-state index >= 15 is 0 Å². The predicted octanol–water partition coefficient (Wildman–Crippen LogP) is 5.00. The predicted molar refractivity (Wildman–Crippen MR) is 137 cm³/mol. The minimum atomic E-state index is -4.67. The number of halogens is 3. The molecule has 5 rings (SSSR count). The number of fused-ring (bicyclic) bond motifs is 2. The molecule has 200 valence electrons. The lowest BCUT2D eigenvalue weighted by Crippen LogP contribution is -2.54. The summed E-state index contributed by atoms with van der Waals surface area (Å²) in [4.78, 5) is 35.6. The molecule has 0 radical (unpaired) electrons. The molecule has 2 aromatic heterocycles. The Morgan fingerprint density at radius 3 is 2.51 bits per heavy atom. The number of alkyl halides is 3. The normalized spacial score (nSPS) is 17.1. The Morgan fingerprint density at radius 2 is 1.87 bits per heavy atom. The standard InChI is InChI=1S/C28H23F3N4O4/c1-15(32)24-23(26(37)35-13-17-7-5-4-6-16(17)12-27(35,2)14-36)34-25(39-24)19-8-10-20(38-3)22-18(19)9-11-21(33-22)28(29,30)31/h4-11,14H,1,12-13,32H2,2-3H3. The summed E-state index contributed by atoms with van der Waals surface area (Å²) in [5.41, 5.74) is 5.47. The van der Waals surface area contributed by atoms with E-state index in [1.165, 1.54) is 30.2 Å². The number of pyridine rings is 1. The van der Waals surface area contributed by atoms with E-state index in [2.05, 4.69) is 16.5 Å². The smallest absolute Gasteiger partial charge is 0.433 e. The largest absolute Gasteiger partial charge is 0.494 e. The van der Waals surface area contributed by atoms with Crippen molar-refractivity contribution in [3.8, 4) is 17.2 Å². The van der Waals surface area contributed by atoms with E-state index in [0.29, 0.717) is 6.42 Å². The van der Waals surface area contributed by atoms with E-state index in [9.17, 15) is 22.8 Å². The highest BCUT2D eigenvalue weighted by Crippen LogP contribution is 2.38. The van der Waals surface area contributed by atoms with Gasteiger partial charge in [0.05, 0.1) is 12.8 Å². The molecule has 0 fully saturated rings. The van der Waals surface area contributed by atoms with Crippen LogP contribution in [-0.4, -0.2) is 39.7 Å². The summed E-state index contributed by atoms with van der Waals surface area (Å²) >= 11 is 0. The van der Waals surface area contributed by atoms with E-state index in [4.69, 9.17) is 14.9 Å². The topological polar surface area (TPSA) is 112 Å². The Balaban J connectivity index is 1.64. The third-order valence-electron chi connectivity index (χ3n) is 6.79. The van der Waals surface area contributed by atoms with Gasteiger partial charge in [0, 0.05) is 23.9 Å². The van der Waals surface area contributed by atoms with Gasteiger partial charge in [-0.25, -0.2) is 9.97 Å². The number of rotatable bonds is 5. The first-order valence-electron chi connectivity index (χ1n) is 11.8. The summed E-state index contributed by atoms with van der Waals surface area (Å²) in [6, 6.07) is 12.5. The first-order valence-corrected chi connectivity index (χ1v) is 11.8. The Morgan fingerprint density at radius 1 is 1.15 bits per heavy atom. The molecule has 1 unspecified atom stereocenters. The minimum Gasteiger partial charge on any atom is -0.494 e. The number of carbonyl (C=O) groups excluding carboxylic acids is 2. The van der Waals surface area contributed by atoms with Gasteiger partial charge in [-0.2, -0.15) is 13.2 Å². The lowest BCUT2D eigenvalue weighted by Gasteiger charge is -2.41. The van der Waals surface area contributed by atoms with Gasteiger partial charge in [0.1, 0.15) is 28.8 Å². The number of methoxy groups -OCH3 is 1. The molecule has 2 aromatic carbocycles. The average molecular weight is 537 g/mol. The summed E-state index contributed by atoms with van der Waals surface area (Å²) < 4.78 is 51.1. The molecule has 11 heteroatoms. The molecule has 0 bridgehead atoms. The number of oxazole rings is 1. The van der Waals surface area contributed by atoms with Crippen LogP contribution in [-0.2, 0) is 23.9 Å². The molecule has 1 amide bonds. The summed E-state index contributed by atoms with van der Waals surface area (Å²) in [6.45, 7) is 5.50. The van der Waals surface area contributed by atoms with Crippen LogP contribution in [0.25, 0.3) is 28.1 Å². The molecule has 0 saturated carbocycles. The van der Waals surface area contributed by atoms with Gasteiger partial charge in [0.2, 0.25) is 5.89 Å². The summed E-state index contributed by atoms with van der Waals surface area (Å²) in [5, 5.41) is 0.251. The van der Waals surface area contributed by atoms with Crippen molar-refractivity contribution in [2.45, 2.75) is 31.6 Å². The molecule has 0 spiro atoms. The molecule has 4 aromatic rings. The van der Waals surface area contributed by atoms with Crippen LogP contribution in [0.4, 0.5) is 13.2 Å². The number of nitrogens with two attached hydrogens (primary N) is 1. The zero-order valence-electron chi connectivity index (χ0n) is 21.0. The van der Waals surface area contributed by atoms with Crippen LogP contribution in [0.1, 0.15) is 40.0 Å². The quantitative estimate of drug-likeness (QED) is 0.357. The van der Waals surface area contributed by atoms with Crippen LogP contribution >= 0.6 is 0 Å². The van der Waals surface area contributed by atoms with Gasteiger partial charge in [-0.05, 0) is 42.3 Å². The number of ether oxygens (including phenoxy) is 1. The van der Waals surface area contributed by atoms with Gasteiger partial charge in [0.25, 0.3) is 5.91 Å². The highest BCUT2D eigenvalue weighted by atomic mass is 19.4. The van der Waals surface area contributed by atoms with Crippen LogP contribution in [0, 0.1) is 0 Å². The van der Waals surface area contributed by atoms with E-state index in [1.807, 2.05) is 24.3 Å². The van der Waals surface area contributed by atoms with E-state index < -0.39 is 23.3 Å². The third-order valence-corrected chi connectivity index (χ3v) is 6.79. The van der Waals surface area contributed by atoms with Gasteiger partial charge in [-0.1, -0.05) is 30.8 Å². The fourth-order valence-corrected chi connectivity index (χ4v) is 4.75. The van der Waals surface area contributed by atoms with Crippen molar-refractivity contribution in [2.75, 3.05) is 7.11 Å². The second-order valence-corrected chi connectivity index (χ2v) is 9.44. The molecule has 1 aliphatic rings. The Bertz CT molecular complexity index is 1650. The van der Waals surface area contributed by atoms with E-state index in [-0.39, 0.29) is 51.8 Å². The molecule has 8 nitrogen and oxygen atoms in total. The molecule has 0 aliphatic carbocycles. The lowest BCUT2D eigenvalue weighted by molar-refractivity contribution is -0.141. The number of aldehydes is 1. The average Bonchev–Trinajstić information content (AvgIpc) is 3.36. The lowest BCUT2D eigenvalue weighted by atomic mass is 9.85. The second-order valence-electron chi connectivity index (χ2n) is 9.44. The first kappa shape index (κ1) is 26.0. The van der Waals surface area contributed by atoms with Crippen molar-refractivity contribution in [3.05, 3.63) is 83.4 Å². The van der Waals surface area contributed by atoms with Crippen molar-refractivity contribution in [2.24, 2.45) is 5.73 Å². The number of aromatic nitrogens is 2. The number of benzene rings is 2. The van der Waals surface area contributed by atoms with Crippen molar-refractivity contribution < 1.29 is 31.9 Å². The summed E-state index contributed by atoms with van der Waals surface area (Å²) in [6.07, 6.45) is -3.64. The van der Waals surface area contributed by atoms with E-state index in [1.54, 1.807) is 6.92 Å². The molecule has 1 aliphatic heterocycles. The zero-order valence-corrected chi connectivity index (χ0v) is 21.0. The summed E-state index contributed by atoms with van der Waals surface area (Å²) in [7, 11) is 1.32. The van der Waals surface area contributed by atoms with Crippen molar-refractivity contribution >= 4 is 28.8 Å². The molecule has 39 heavy (non-hydrogen) atoms. The van der Waals surface area contributed by atoms with E-state index in [0.717, 1.165) is 23.5 Å². The van der Waals surface area contributed by atoms with Crippen molar-refractivity contribution in [1.29, 1.82) is 0 Å². The van der Waals surface area contributed by atoms with Gasteiger partial charge in [-0.3, -0.25) is 4.79 Å². The SMILES string of the molecule is C=C(N)c1oc(-c2ccc(OC)c3nc(C(F)(F)F)ccc23)nc1C(=O)N1Cc2ccccc2CC1(C)C=O. The Hall–Kier alpha value is -4.67. The van der Waals surface area contributed by atoms with Gasteiger partial charge in [-0.15, -0.1) is 0 Å². The maximum absolute atomic E-state index is 13.9. The fraction of sp³-hybridized carbons (Fsp3) is 0.214. The molecule has 0 saturated heterocycles. The van der Waals surface area contributed by atoms with Crippen molar-refractivity contribution in [3.63, 3.8) is 0 Å². The van der Waals surface area contributed by atoms with Crippen LogP contribution < -0.4 is 10.5 Å². The highest BCUT2D eigenvalue weighted by molar-refractivity contribution is 6.00. The molecular formula is C28H23F3N4O4. The Kier molecular flexibility index (Phi) is 6.16. The maximum atomic E-state index is 13.9. The third kappa shape index (κ3) is 4.39. The second kappa shape index (κ2) is 9.26. The first-order chi connectivity index (χ1) is 18.5. The van der Waals surface area contributed by atoms with Crippen molar-refractivity contribution in [1.82, 2.24) is 14.9 Å². The van der Waals surface area contributed by atoms with Gasteiger partial charge >= 0.3 is 6.18 Å².